The summed E-state index contributed by atoms with van der Waals surface area (Å²) < 4.78 is 51.1. The normalized spacial score (nSPS) is 13.5. The third kappa shape index (κ3) is 4.20. The summed E-state index contributed by atoms with van der Waals surface area (Å²) in [5.41, 5.74) is 0. The molecule has 0 unspecified atom stereocenters. The van der Waals surface area contributed by atoms with Gasteiger partial charge in [-0.3, -0.25) is 0 Å². The summed E-state index contributed by atoms with van der Waals surface area (Å²) in [5.74, 6) is 0. The van der Waals surface area contributed by atoms with Gasteiger partial charge in [-0.1, -0.05) is 48.6 Å². The van der Waals surface area contributed by atoms with E-state index in [1.165, 1.54) is 48.6 Å². The van der Waals surface area contributed by atoms with Crippen LogP contribution in [0.3, 0.4) is 0 Å². The second-order valence-corrected chi connectivity index (χ2v) is 9.27. The Hall–Kier alpha value is -2.44. The molecule has 136 valence electrons. The van der Waals surface area contributed by atoms with Gasteiger partial charge in [0.05, 0.1) is 19.6 Å². The van der Waals surface area contributed by atoms with Crippen LogP contribution in [0.5, 0.6) is 0 Å². The van der Waals surface area contributed by atoms with Gasteiger partial charge in [0.25, 0.3) is 0 Å². The molecule has 2 rings (SSSR count). The van der Waals surface area contributed by atoms with Crippen LogP contribution in [0.4, 0.5) is 0 Å². The topological polar surface area (TPSA) is 68.3 Å². The molecule has 0 saturated heterocycles. The van der Waals surface area contributed by atoms with Gasteiger partial charge in [0.15, 0.2) is 0 Å². The molecular weight excluding hydrogens is 368 g/mol. The lowest BCUT2D eigenvalue weighted by Gasteiger charge is -2.09. The molecule has 2 aromatic rings. The molecule has 0 aliphatic rings. The summed E-state index contributed by atoms with van der Waals surface area (Å²) in [5, 5.41) is 0. The first kappa shape index (κ1) is 19.9. The quantitative estimate of drug-likeness (QED) is 0.691. The van der Waals surface area contributed by atoms with Gasteiger partial charge in [-0.05, 0) is 50.3 Å². The fraction of sp³-hybridized carbons (Fsp3) is 0.100. The van der Waals surface area contributed by atoms with Crippen molar-refractivity contribution in [2.45, 2.75) is 28.5 Å². The van der Waals surface area contributed by atoms with Crippen molar-refractivity contribution in [2.75, 3.05) is 0 Å². The van der Waals surface area contributed by atoms with E-state index in [9.17, 15) is 16.8 Å². The highest BCUT2D eigenvalue weighted by molar-refractivity contribution is 7.95. The van der Waals surface area contributed by atoms with E-state index in [2.05, 4.69) is 0 Å². The van der Waals surface area contributed by atoms with E-state index in [0.29, 0.717) is 0 Å². The molecule has 0 heterocycles. The summed E-state index contributed by atoms with van der Waals surface area (Å²) >= 11 is 0. The minimum atomic E-state index is -3.82. The first-order valence-electron chi connectivity index (χ1n) is 7.95. The SMILES string of the molecule is C\C=C/C=C\C(=C/C)S(=O)(=O)c1cccc(S(=O)(=O)c2ccccc2)c1. The van der Waals surface area contributed by atoms with Gasteiger partial charge >= 0.3 is 0 Å². The summed E-state index contributed by atoms with van der Waals surface area (Å²) in [6.45, 7) is 3.45. The van der Waals surface area contributed by atoms with Crippen molar-refractivity contribution in [3.63, 3.8) is 0 Å². The van der Waals surface area contributed by atoms with E-state index in [4.69, 9.17) is 0 Å². The second-order valence-electron chi connectivity index (χ2n) is 5.37. The zero-order chi connectivity index (χ0) is 19.2. The van der Waals surface area contributed by atoms with Crippen LogP contribution < -0.4 is 0 Å². The molecular formula is C20H20O4S2. The Kier molecular flexibility index (Phi) is 6.34. The zero-order valence-electron chi connectivity index (χ0n) is 14.5. The van der Waals surface area contributed by atoms with Gasteiger partial charge in [0.1, 0.15) is 0 Å². The Labute approximate surface area is 155 Å². The third-order valence-corrected chi connectivity index (χ3v) is 7.27. The number of rotatable bonds is 6. The minimum Gasteiger partial charge on any atom is -0.219 e. The van der Waals surface area contributed by atoms with Crippen molar-refractivity contribution in [1.29, 1.82) is 0 Å². The molecule has 0 atom stereocenters. The Morgan fingerprint density at radius 2 is 1.38 bits per heavy atom. The number of allylic oxidation sites excluding steroid dienone is 5. The molecule has 0 N–H and O–H groups in total. The van der Waals surface area contributed by atoms with E-state index in [1.807, 2.05) is 6.92 Å². The van der Waals surface area contributed by atoms with Gasteiger partial charge in [0, 0.05) is 0 Å². The van der Waals surface area contributed by atoms with Crippen molar-refractivity contribution < 1.29 is 16.8 Å². The molecule has 0 aliphatic heterocycles. The maximum atomic E-state index is 12.8. The highest BCUT2D eigenvalue weighted by atomic mass is 32.2. The monoisotopic (exact) mass is 388 g/mol. The van der Waals surface area contributed by atoms with Crippen LogP contribution >= 0.6 is 0 Å². The Bertz CT molecular complexity index is 1060. The van der Waals surface area contributed by atoms with Crippen molar-refractivity contribution in [3.05, 3.63) is 89.9 Å². The number of sulfone groups is 2. The number of hydrogen-bond acceptors (Lipinski definition) is 4. The molecule has 0 radical (unpaired) electrons. The first-order chi connectivity index (χ1) is 12.3. The van der Waals surface area contributed by atoms with E-state index >= 15 is 0 Å². The lowest BCUT2D eigenvalue weighted by molar-refractivity contribution is 0.595. The summed E-state index contributed by atoms with van der Waals surface area (Å²) in [4.78, 5) is 0.101. The Morgan fingerprint density at radius 3 is 2.00 bits per heavy atom. The standard InChI is InChI=1S/C20H20O4S2/c1-3-5-7-11-17(4-2)25(21,22)19-14-10-15-20(16-19)26(23,24)18-12-8-6-9-13-18/h3-16H,1-2H3/b5-3-,11-7-,17-4+. The summed E-state index contributed by atoms with van der Waals surface area (Å²) in [7, 11) is -7.61. The first-order valence-corrected chi connectivity index (χ1v) is 10.9. The van der Waals surface area contributed by atoms with Crippen molar-refractivity contribution in [2.24, 2.45) is 0 Å². The average Bonchev–Trinajstić information content (AvgIpc) is 2.66. The van der Waals surface area contributed by atoms with Crippen LogP contribution in [0.2, 0.25) is 0 Å². The van der Waals surface area contributed by atoms with E-state index in [0.717, 1.165) is 0 Å². The molecule has 0 aliphatic carbocycles. The highest BCUT2D eigenvalue weighted by Crippen LogP contribution is 2.26. The fourth-order valence-electron chi connectivity index (χ4n) is 2.28. The molecule has 2 aromatic carbocycles. The molecule has 0 bridgehead atoms. The van der Waals surface area contributed by atoms with E-state index in [-0.39, 0.29) is 19.6 Å². The fourth-order valence-corrected chi connectivity index (χ4v) is 5.06. The second kappa shape index (κ2) is 8.29. The minimum absolute atomic E-state index is 0.0577. The Morgan fingerprint density at radius 1 is 0.769 bits per heavy atom. The van der Waals surface area contributed by atoms with Gasteiger partial charge in [-0.2, -0.15) is 0 Å². The third-order valence-electron chi connectivity index (χ3n) is 3.64. The van der Waals surface area contributed by atoms with Gasteiger partial charge < -0.3 is 0 Å². The predicted octanol–water partition coefficient (Wildman–Crippen LogP) is 4.33. The number of benzene rings is 2. The van der Waals surface area contributed by atoms with Crippen LogP contribution in [-0.4, -0.2) is 16.8 Å². The summed E-state index contributed by atoms with van der Waals surface area (Å²) in [6.07, 6.45) is 8.08. The molecule has 0 spiro atoms. The lowest BCUT2D eigenvalue weighted by atomic mass is 10.4. The zero-order valence-corrected chi connectivity index (χ0v) is 16.2. The molecule has 0 aromatic heterocycles. The van der Waals surface area contributed by atoms with Gasteiger partial charge in [0.2, 0.25) is 19.7 Å². The van der Waals surface area contributed by atoms with Crippen molar-refractivity contribution in [1.82, 2.24) is 0 Å². The molecule has 0 amide bonds. The average molecular weight is 389 g/mol. The molecule has 0 fully saturated rings. The van der Waals surface area contributed by atoms with E-state index in [1.54, 1.807) is 43.4 Å². The lowest BCUT2D eigenvalue weighted by Crippen LogP contribution is -2.06. The Balaban J connectivity index is 2.52. The van der Waals surface area contributed by atoms with E-state index < -0.39 is 19.7 Å². The van der Waals surface area contributed by atoms with Gasteiger partial charge in [-0.15, -0.1) is 0 Å². The smallest absolute Gasteiger partial charge is 0.206 e. The van der Waals surface area contributed by atoms with Crippen LogP contribution in [0, 0.1) is 0 Å². The van der Waals surface area contributed by atoms with Crippen LogP contribution in [0.1, 0.15) is 13.8 Å². The van der Waals surface area contributed by atoms with Crippen LogP contribution in [-0.2, 0) is 19.7 Å². The maximum Gasteiger partial charge on any atom is 0.206 e. The molecule has 6 heteroatoms. The maximum absolute atomic E-state index is 12.8. The van der Waals surface area contributed by atoms with Crippen molar-refractivity contribution in [3.8, 4) is 0 Å². The molecule has 26 heavy (non-hydrogen) atoms. The molecule has 0 saturated carbocycles. The number of hydrogen-bond donors (Lipinski definition) is 0. The van der Waals surface area contributed by atoms with Gasteiger partial charge in [-0.25, -0.2) is 16.8 Å². The molecule has 4 nitrogen and oxygen atoms in total. The predicted molar refractivity (Wildman–Crippen MR) is 103 cm³/mol. The largest absolute Gasteiger partial charge is 0.219 e. The summed E-state index contributed by atoms with van der Waals surface area (Å²) in [6, 6.07) is 13.3. The van der Waals surface area contributed by atoms with Crippen molar-refractivity contribution >= 4 is 19.7 Å². The van der Waals surface area contributed by atoms with Crippen LogP contribution in [0.25, 0.3) is 0 Å². The highest BCUT2D eigenvalue weighted by Gasteiger charge is 2.22. The van der Waals surface area contributed by atoms with Crippen LogP contribution in [0.15, 0.2) is 105 Å².